The average Bonchev–Trinajstić information content (AvgIpc) is 2.58. The first-order chi connectivity index (χ1) is 11.1. The monoisotopic (exact) mass is 393 g/mol. The molecule has 1 aromatic carbocycles. The Morgan fingerprint density at radius 1 is 1.22 bits per heavy atom. The molecule has 2 aromatic rings. The van der Waals surface area contributed by atoms with Crippen LogP contribution in [0.5, 0.6) is 0 Å². The highest BCUT2D eigenvalue weighted by molar-refractivity contribution is 9.10. The van der Waals surface area contributed by atoms with E-state index in [9.17, 15) is 4.79 Å². The lowest BCUT2D eigenvalue weighted by Crippen LogP contribution is -2.48. The molecule has 3 rings (SSSR count). The first-order valence-corrected chi connectivity index (χ1v) is 8.66. The summed E-state index contributed by atoms with van der Waals surface area (Å²) in [6.07, 6.45) is 3.67. The van der Waals surface area contributed by atoms with Gasteiger partial charge in [-0.2, -0.15) is 0 Å². The highest BCUT2D eigenvalue weighted by Crippen LogP contribution is 2.23. The minimum absolute atomic E-state index is 0.00247. The molecule has 23 heavy (non-hydrogen) atoms. The number of carbonyl (C=O) groups is 1. The fourth-order valence-electron chi connectivity index (χ4n) is 2.69. The van der Waals surface area contributed by atoms with Crippen molar-refractivity contribution in [2.75, 3.05) is 26.2 Å². The van der Waals surface area contributed by atoms with Crippen molar-refractivity contribution < 1.29 is 4.79 Å². The molecule has 0 radical (unpaired) electrons. The minimum Gasteiger partial charge on any atom is -0.336 e. The Hall–Kier alpha value is -1.43. The number of piperazine rings is 1. The van der Waals surface area contributed by atoms with Gasteiger partial charge in [0.15, 0.2) is 0 Å². The van der Waals surface area contributed by atoms with Crippen LogP contribution in [-0.2, 0) is 6.54 Å². The van der Waals surface area contributed by atoms with E-state index >= 15 is 0 Å². The van der Waals surface area contributed by atoms with Crippen LogP contribution < -0.4 is 0 Å². The summed E-state index contributed by atoms with van der Waals surface area (Å²) < 4.78 is 0.862. The van der Waals surface area contributed by atoms with E-state index in [1.165, 1.54) is 5.56 Å². The Balaban J connectivity index is 1.60. The van der Waals surface area contributed by atoms with Crippen molar-refractivity contribution in [2.45, 2.75) is 6.54 Å². The maximum atomic E-state index is 12.6. The molecule has 0 atom stereocenters. The zero-order valence-electron chi connectivity index (χ0n) is 12.6. The van der Waals surface area contributed by atoms with Gasteiger partial charge in [-0.1, -0.05) is 33.6 Å². The van der Waals surface area contributed by atoms with E-state index in [-0.39, 0.29) is 5.91 Å². The molecule has 0 saturated carbocycles. The van der Waals surface area contributed by atoms with Gasteiger partial charge in [-0.25, -0.2) is 0 Å². The van der Waals surface area contributed by atoms with E-state index in [4.69, 9.17) is 11.6 Å². The van der Waals surface area contributed by atoms with Crippen LogP contribution in [0.2, 0.25) is 5.02 Å². The summed E-state index contributed by atoms with van der Waals surface area (Å²) in [5.74, 6) is -0.00247. The van der Waals surface area contributed by atoms with Crippen molar-refractivity contribution in [1.29, 1.82) is 0 Å². The van der Waals surface area contributed by atoms with Crippen molar-refractivity contribution in [3.63, 3.8) is 0 Å². The molecular formula is C17H17BrClN3O. The summed E-state index contributed by atoms with van der Waals surface area (Å²) >= 11 is 9.55. The fourth-order valence-corrected chi connectivity index (χ4v) is 3.25. The smallest absolute Gasteiger partial charge is 0.255 e. The molecule has 0 unspecified atom stereocenters. The van der Waals surface area contributed by atoms with Crippen molar-refractivity contribution in [2.24, 2.45) is 0 Å². The van der Waals surface area contributed by atoms with Crippen molar-refractivity contribution in [3.8, 4) is 0 Å². The molecular weight excluding hydrogens is 378 g/mol. The standard InChI is InChI=1S/C17H17BrClN3O/c18-14-3-4-16(19)15(10-14)17(23)22-8-6-21(7-9-22)12-13-2-1-5-20-11-13/h1-5,10-11H,6-9,12H2. The molecule has 1 aliphatic heterocycles. The lowest BCUT2D eigenvalue weighted by Gasteiger charge is -2.34. The van der Waals surface area contributed by atoms with Gasteiger partial charge in [-0.3, -0.25) is 14.7 Å². The second-order valence-corrected chi connectivity index (χ2v) is 6.88. The fraction of sp³-hybridized carbons (Fsp3) is 0.294. The minimum atomic E-state index is -0.00247. The molecule has 1 saturated heterocycles. The lowest BCUT2D eigenvalue weighted by molar-refractivity contribution is 0.0628. The van der Waals surface area contributed by atoms with E-state index in [2.05, 4.69) is 31.9 Å². The van der Waals surface area contributed by atoms with Crippen LogP contribution in [0.3, 0.4) is 0 Å². The predicted octanol–water partition coefficient (Wildman–Crippen LogP) is 3.46. The number of pyridine rings is 1. The van der Waals surface area contributed by atoms with E-state index in [1.54, 1.807) is 18.3 Å². The van der Waals surface area contributed by atoms with Crippen LogP contribution >= 0.6 is 27.5 Å². The van der Waals surface area contributed by atoms with Crippen LogP contribution in [0, 0.1) is 0 Å². The molecule has 1 aromatic heterocycles. The summed E-state index contributed by atoms with van der Waals surface area (Å²) in [6, 6.07) is 9.39. The van der Waals surface area contributed by atoms with Gasteiger partial charge in [0.25, 0.3) is 5.91 Å². The van der Waals surface area contributed by atoms with Gasteiger partial charge < -0.3 is 4.90 Å². The second-order valence-electron chi connectivity index (χ2n) is 5.55. The third-order valence-electron chi connectivity index (χ3n) is 3.95. The summed E-state index contributed by atoms with van der Waals surface area (Å²) in [5, 5.41) is 0.496. The number of nitrogens with zero attached hydrogens (tertiary/aromatic N) is 3. The maximum absolute atomic E-state index is 12.6. The number of aromatic nitrogens is 1. The SMILES string of the molecule is O=C(c1cc(Br)ccc1Cl)N1CCN(Cc2cccnc2)CC1. The molecule has 1 aliphatic rings. The van der Waals surface area contributed by atoms with E-state index < -0.39 is 0 Å². The summed E-state index contributed by atoms with van der Waals surface area (Å²) in [5.41, 5.74) is 1.75. The number of rotatable bonds is 3. The Morgan fingerprint density at radius 2 is 2.00 bits per heavy atom. The highest BCUT2D eigenvalue weighted by atomic mass is 79.9. The lowest BCUT2D eigenvalue weighted by atomic mass is 10.1. The van der Waals surface area contributed by atoms with Crippen LogP contribution in [-0.4, -0.2) is 46.9 Å². The Morgan fingerprint density at radius 3 is 2.70 bits per heavy atom. The first-order valence-electron chi connectivity index (χ1n) is 7.49. The van der Waals surface area contributed by atoms with Crippen molar-refractivity contribution >= 4 is 33.4 Å². The van der Waals surface area contributed by atoms with E-state index in [0.29, 0.717) is 23.7 Å². The number of halogens is 2. The number of hydrogen-bond acceptors (Lipinski definition) is 3. The summed E-state index contributed by atoms with van der Waals surface area (Å²) in [7, 11) is 0. The molecule has 120 valence electrons. The highest BCUT2D eigenvalue weighted by Gasteiger charge is 2.23. The molecule has 0 aliphatic carbocycles. The van der Waals surface area contributed by atoms with Crippen LogP contribution in [0.1, 0.15) is 15.9 Å². The third-order valence-corrected chi connectivity index (χ3v) is 4.77. The molecule has 0 bridgehead atoms. The van der Waals surface area contributed by atoms with Gasteiger partial charge in [0.2, 0.25) is 0 Å². The van der Waals surface area contributed by atoms with Crippen molar-refractivity contribution in [1.82, 2.24) is 14.8 Å². The Bertz CT molecular complexity index is 687. The van der Waals surface area contributed by atoms with Gasteiger partial charge in [-0.05, 0) is 29.8 Å². The van der Waals surface area contributed by atoms with Crippen LogP contribution in [0.4, 0.5) is 0 Å². The normalized spacial score (nSPS) is 15.7. The molecule has 1 fully saturated rings. The van der Waals surface area contributed by atoms with Gasteiger partial charge in [-0.15, -0.1) is 0 Å². The number of carbonyl (C=O) groups excluding carboxylic acids is 1. The summed E-state index contributed by atoms with van der Waals surface area (Å²) in [6.45, 7) is 4.00. The number of hydrogen-bond donors (Lipinski definition) is 0. The first kappa shape index (κ1) is 16.4. The van der Waals surface area contributed by atoms with Crippen LogP contribution in [0.25, 0.3) is 0 Å². The van der Waals surface area contributed by atoms with Gasteiger partial charge in [0.05, 0.1) is 10.6 Å². The van der Waals surface area contributed by atoms with Gasteiger partial charge in [0.1, 0.15) is 0 Å². The van der Waals surface area contributed by atoms with Crippen molar-refractivity contribution in [3.05, 3.63) is 63.3 Å². The molecule has 0 N–H and O–H groups in total. The predicted molar refractivity (Wildman–Crippen MR) is 94.6 cm³/mol. The molecule has 6 heteroatoms. The Kier molecular flexibility index (Phi) is 5.30. The maximum Gasteiger partial charge on any atom is 0.255 e. The number of amides is 1. The zero-order chi connectivity index (χ0) is 16.2. The summed E-state index contributed by atoms with van der Waals surface area (Å²) in [4.78, 5) is 21.0. The topological polar surface area (TPSA) is 36.4 Å². The number of benzene rings is 1. The zero-order valence-corrected chi connectivity index (χ0v) is 14.9. The Labute approximate surface area is 149 Å². The molecule has 4 nitrogen and oxygen atoms in total. The molecule has 1 amide bonds. The largest absolute Gasteiger partial charge is 0.336 e. The third kappa shape index (κ3) is 4.10. The van der Waals surface area contributed by atoms with Crippen LogP contribution in [0.15, 0.2) is 47.2 Å². The van der Waals surface area contributed by atoms with Gasteiger partial charge >= 0.3 is 0 Å². The average molecular weight is 395 g/mol. The second kappa shape index (κ2) is 7.43. The quantitative estimate of drug-likeness (QED) is 0.800. The van der Waals surface area contributed by atoms with E-state index in [0.717, 1.165) is 24.1 Å². The molecule has 0 spiro atoms. The van der Waals surface area contributed by atoms with E-state index in [1.807, 2.05) is 23.2 Å². The van der Waals surface area contributed by atoms with Gasteiger partial charge in [0, 0.05) is 49.6 Å². The molecule has 2 heterocycles.